The van der Waals surface area contributed by atoms with Crippen molar-refractivity contribution in [2.45, 2.75) is 0 Å². The third kappa shape index (κ3) is 3.90. The number of carbonyl (C=O) groups excluding carboxylic acids is 1. The molecule has 9 heteroatoms. The van der Waals surface area contributed by atoms with Gasteiger partial charge in [0.05, 0.1) is 30.3 Å². The number of aliphatic imine (C=N–C) groups is 1. The fraction of sp³-hybridized carbons (Fsp3) is 0.250. The van der Waals surface area contributed by atoms with Crippen molar-refractivity contribution in [1.29, 1.82) is 0 Å². The van der Waals surface area contributed by atoms with Gasteiger partial charge in [-0.25, -0.2) is 0 Å². The first kappa shape index (κ1) is 18.3. The number of hydrogen-bond acceptors (Lipinski definition) is 7. The van der Waals surface area contributed by atoms with Crippen molar-refractivity contribution in [3.63, 3.8) is 0 Å². The number of aliphatic hydroxyl groups excluding tert-OH is 3. The number of nitrogens with one attached hydrogen (secondary N) is 1. The molecule has 0 aromatic heterocycles. The smallest absolute Gasteiger partial charge is 0.311 e. The normalized spacial score (nSPS) is 14.7. The molecule has 0 radical (unpaired) electrons. The van der Waals surface area contributed by atoms with E-state index in [2.05, 4.69) is 10.3 Å². The molecule has 0 heterocycles. The summed E-state index contributed by atoms with van der Waals surface area (Å²) in [5, 5.41) is 42.0. The van der Waals surface area contributed by atoms with Crippen LogP contribution in [0.3, 0.4) is 0 Å². The Morgan fingerprint density at radius 3 is 2.48 bits per heavy atom. The van der Waals surface area contributed by atoms with E-state index in [4.69, 9.17) is 10.2 Å². The molecule has 1 aliphatic carbocycles. The number of Topliss-reactive ketones (excluding diaryl/α,β-unsaturated/α-hetero) is 1. The fourth-order valence-corrected chi connectivity index (χ4v) is 2.33. The maximum Gasteiger partial charge on any atom is 0.311 e. The molecule has 0 saturated heterocycles. The Morgan fingerprint density at radius 1 is 1.24 bits per heavy atom. The van der Waals surface area contributed by atoms with Crippen molar-refractivity contribution in [1.82, 2.24) is 5.32 Å². The van der Waals surface area contributed by atoms with Crippen LogP contribution in [0.2, 0.25) is 0 Å². The number of hydrogen-bond donors (Lipinski definition) is 4. The van der Waals surface area contributed by atoms with Gasteiger partial charge in [-0.3, -0.25) is 19.9 Å². The molecule has 9 nitrogen and oxygen atoms in total. The molecule has 0 saturated carbocycles. The highest BCUT2D eigenvalue weighted by Crippen LogP contribution is 2.32. The zero-order valence-electron chi connectivity index (χ0n) is 13.2. The van der Waals surface area contributed by atoms with E-state index in [1.807, 2.05) is 0 Å². The standard InChI is InChI=1S/C16H17N3O6/c20-7-5-17-16(18-6-8-21)13(19(24)25)9-12-14(22)10-3-1-2-4-11(10)15(12)23/h1-4,9,20-22H,5-8H2,(H,17,18)/b13-9-. The Bertz CT molecular complexity index is 782. The summed E-state index contributed by atoms with van der Waals surface area (Å²) >= 11 is 0. The molecule has 0 bridgehead atoms. The van der Waals surface area contributed by atoms with Gasteiger partial charge in [0.25, 0.3) is 0 Å². The fourth-order valence-electron chi connectivity index (χ4n) is 2.33. The predicted molar refractivity (Wildman–Crippen MR) is 89.9 cm³/mol. The average molecular weight is 347 g/mol. The second kappa shape index (κ2) is 8.18. The molecule has 1 aromatic carbocycles. The van der Waals surface area contributed by atoms with Crippen LogP contribution in [0, 0.1) is 10.1 Å². The molecular weight excluding hydrogens is 330 g/mol. The number of allylic oxidation sites excluding steroid dienone is 2. The minimum absolute atomic E-state index is 0.00531. The summed E-state index contributed by atoms with van der Waals surface area (Å²) in [6.07, 6.45) is 0.943. The Labute approximate surface area is 142 Å². The van der Waals surface area contributed by atoms with Gasteiger partial charge >= 0.3 is 5.70 Å². The number of nitro groups is 1. The van der Waals surface area contributed by atoms with Crippen molar-refractivity contribution >= 4 is 17.4 Å². The molecule has 0 fully saturated rings. The lowest BCUT2D eigenvalue weighted by Crippen LogP contribution is -2.31. The zero-order valence-corrected chi connectivity index (χ0v) is 13.2. The van der Waals surface area contributed by atoms with Crippen LogP contribution < -0.4 is 5.32 Å². The molecule has 132 valence electrons. The quantitative estimate of drug-likeness (QED) is 0.240. The zero-order chi connectivity index (χ0) is 18.4. The van der Waals surface area contributed by atoms with Crippen LogP contribution in [0.4, 0.5) is 0 Å². The minimum Gasteiger partial charge on any atom is -0.507 e. The summed E-state index contributed by atoms with van der Waals surface area (Å²) in [5.74, 6) is -1.07. The molecular formula is C16H17N3O6. The summed E-state index contributed by atoms with van der Waals surface area (Å²) < 4.78 is 0. The Kier molecular flexibility index (Phi) is 5.98. The van der Waals surface area contributed by atoms with Crippen molar-refractivity contribution < 1.29 is 25.0 Å². The van der Waals surface area contributed by atoms with Gasteiger partial charge in [-0.2, -0.15) is 0 Å². The van der Waals surface area contributed by atoms with Crippen LogP contribution in [0.1, 0.15) is 15.9 Å². The maximum atomic E-state index is 12.4. The second-order valence-electron chi connectivity index (χ2n) is 5.03. The van der Waals surface area contributed by atoms with E-state index in [1.54, 1.807) is 18.2 Å². The van der Waals surface area contributed by atoms with E-state index in [0.29, 0.717) is 5.56 Å². The van der Waals surface area contributed by atoms with E-state index >= 15 is 0 Å². The van der Waals surface area contributed by atoms with Crippen molar-refractivity contribution in [3.05, 3.63) is 62.9 Å². The van der Waals surface area contributed by atoms with Crippen LogP contribution in [0.25, 0.3) is 5.76 Å². The van der Waals surface area contributed by atoms with Crippen molar-refractivity contribution in [2.24, 2.45) is 4.99 Å². The lowest BCUT2D eigenvalue weighted by atomic mass is 10.1. The van der Waals surface area contributed by atoms with Crippen LogP contribution in [-0.4, -0.2) is 58.2 Å². The van der Waals surface area contributed by atoms with Gasteiger partial charge in [0.15, 0.2) is 5.78 Å². The SMILES string of the molecule is O=C1C(/C=C(/C(=NCCO)NCCO)[N+](=O)[O-])=C(O)c2ccccc21. The van der Waals surface area contributed by atoms with Crippen LogP contribution in [0.5, 0.6) is 0 Å². The minimum atomic E-state index is -0.753. The van der Waals surface area contributed by atoms with E-state index in [1.165, 1.54) is 6.07 Å². The molecule has 2 rings (SSSR count). The molecule has 0 aliphatic heterocycles. The molecule has 1 aromatic rings. The number of benzene rings is 1. The summed E-state index contributed by atoms with van der Waals surface area (Å²) in [6, 6.07) is 6.33. The maximum absolute atomic E-state index is 12.4. The highest BCUT2D eigenvalue weighted by molar-refractivity contribution is 6.21. The van der Waals surface area contributed by atoms with E-state index in [-0.39, 0.29) is 49.0 Å². The number of rotatable bonds is 7. The number of nitrogens with zero attached hydrogens (tertiary/aromatic N) is 2. The summed E-state index contributed by atoms with van der Waals surface area (Å²) in [7, 11) is 0. The first-order valence-electron chi connectivity index (χ1n) is 7.45. The molecule has 4 N–H and O–H groups in total. The second-order valence-corrected chi connectivity index (χ2v) is 5.03. The van der Waals surface area contributed by atoms with Crippen LogP contribution in [-0.2, 0) is 0 Å². The molecule has 0 amide bonds. The summed E-state index contributed by atoms with van der Waals surface area (Å²) in [5.41, 5.74) is -0.204. The third-order valence-electron chi connectivity index (χ3n) is 3.42. The number of fused-ring (bicyclic) bond motifs is 1. The Morgan fingerprint density at radius 2 is 1.92 bits per heavy atom. The highest BCUT2D eigenvalue weighted by Gasteiger charge is 2.31. The number of carbonyl (C=O) groups is 1. The van der Waals surface area contributed by atoms with Crippen LogP contribution >= 0.6 is 0 Å². The summed E-state index contributed by atoms with van der Waals surface area (Å²) in [6.45, 7) is -0.720. The average Bonchev–Trinajstić information content (AvgIpc) is 2.85. The number of aliphatic hydroxyl groups is 3. The highest BCUT2D eigenvalue weighted by atomic mass is 16.6. The third-order valence-corrected chi connectivity index (χ3v) is 3.42. The predicted octanol–water partition coefficient (Wildman–Crippen LogP) is 0.285. The summed E-state index contributed by atoms with van der Waals surface area (Å²) in [4.78, 5) is 26.9. The van der Waals surface area contributed by atoms with Gasteiger partial charge in [0.2, 0.25) is 5.84 Å². The lowest BCUT2D eigenvalue weighted by molar-refractivity contribution is -0.415. The molecule has 0 atom stereocenters. The van der Waals surface area contributed by atoms with Gasteiger partial charge in [-0.1, -0.05) is 24.3 Å². The van der Waals surface area contributed by atoms with E-state index in [0.717, 1.165) is 6.08 Å². The topological polar surface area (TPSA) is 145 Å². The van der Waals surface area contributed by atoms with Gasteiger partial charge in [0.1, 0.15) is 5.76 Å². The molecule has 0 spiro atoms. The Hall–Kier alpha value is -3.04. The van der Waals surface area contributed by atoms with Crippen molar-refractivity contribution in [2.75, 3.05) is 26.3 Å². The number of ketones is 1. The molecule has 1 aliphatic rings. The number of amidine groups is 1. The van der Waals surface area contributed by atoms with Crippen molar-refractivity contribution in [3.8, 4) is 0 Å². The first-order valence-corrected chi connectivity index (χ1v) is 7.45. The molecule has 0 unspecified atom stereocenters. The van der Waals surface area contributed by atoms with Gasteiger partial charge in [0, 0.05) is 23.7 Å². The Balaban J connectivity index is 2.48. The largest absolute Gasteiger partial charge is 0.507 e. The van der Waals surface area contributed by atoms with E-state index in [9.17, 15) is 20.0 Å². The van der Waals surface area contributed by atoms with Gasteiger partial charge in [-0.05, 0) is 0 Å². The molecule has 25 heavy (non-hydrogen) atoms. The lowest BCUT2D eigenvalue weighted by Gasteiger charge is -2.07. The monoisotopic (exact) mass is 347 g/mol. The van der Waals surface area contributed by atoms with Gasteiger partial charge < -0.3 is 20.6 Å². The first-order chi connectivity index (χ1) is 12.0. The van der Waals surface area contributed by atoms with E-state index < -0.39 is 16.4 Å². The van der Waals surface area contributed by atoms with Crippen LogP contribution in [0.15, 0.2) is 46.6 Å². The van der Waals surface area contributed by atoms with Gasteiger partial charge in [-0.15, -0.1) is 0 Å².